The predicted octanol–water partition coefficient (Wildman–Crippen LogP) is 5.64. The van der Waals surface area contributed by atoms with Gasteiger partial charge in [-0.05, 0) is 50.5 Å². The number of rotatable bonds is 12. The van der Waals surface area contributed by atoms with Gasteiger partial charge in [0.2, 0.25) is 5.88 Å². The zero-order chi connectivity index (χ0) is 24.6. The van der Waals surface area contributed by atoms with E-state index in [1.165, 1.54) is 12.1 Å². The van der Waals surface area contributed by atoms with Crippen molar-refractivity contribution in [2.24, 2.45) is 0 Å². The standard InChI is InChI=1S/C28H36FN3O3/c1-3-4-13-24(33)18-31(19-26-15-9-16-34-26)20-27-21(2)30-32(23-11-6-5-7-12-23)28(27)35-25-14-8-10-22(29)17-25/h5-8,10-12,14,17,24,26,33H,3-4,9,13,15-16,18-20H2,1-2H3/t24-,26+/m0/s1. The molecular formula is C28H36FN3O3. The number of ether oxygens (including phenoxy) is 2. The van der Waals surface area contributed by atoms with Gasteiger partial charge in [0.05, 0.1) is 29.2 Å². The lowest BCUT2D eigenvalue weighted by molar-refractivity contribution is 0.0434. The van der Waals surface area contributed by atoms with Gasteiger partial charge in [0, 0.05) is 32.3 Å². The molecule has 3 aromatic rings. The lowest BCUT2D eigenvalue weighted by Gasteiger charge is -2.27. The number of aliphatic hydroxyl groups is 1. The minimum atomic E-state index is -0.409. The Labute approximate surface area is 207 Å². The smallest absolute Gasteiger partial charge is 0.227 e. The molecule has 188 valence electrons. The molecular weight excluding hydrogens is 445 g/mol. The van der Waals surface area contributed by atoms with Crippen LogP contribution in [0.2, 0.25) is 0 Å². The summed E-state index contributed by atoms with van der Waals surface area (Å²) in [6, 6.07) is 15.9. The largest absolute Gasteiger partial charge is 0.438 e. The van der Waals surface area contributed by atoms with E-state index in [1.807, 2.05) is 37.3 Å². The molecule has 1 aliphatic rings. The van der Waals surface area contributed by atoms with Gasteiger partial charge in [-0.2, -0.15) is 5.10 Å². The molecule has 0 radical (unpaired) electrons. The summed E-state index contributed by atoms with van der Waals surface area (Å²) in [5.74, 6) is 0.613. The van der Waals surface area contributed by atoms with Crippen LogP contribution in [0.25, 0.3) is 5.69 Å². The first kappa shape index (κ1) is 25.4. The van der Waals surface area contributed by atoms with Gasteiger partial charge in [0.25, 0.3) is 0 Å². The second-order valence-corrected chi connectivity index (χ2v) is 9.30. The number of hydrogen-bond donors (Lipinski definition) is 1. The number of hydrogen-bond acceptors (Lipinski definition) is 5. The fourth-order valence-corrected chi connectivity index (χ4v) is 4.54. The van der Waals surface area contributed by atoms with Crippen LogP contribution in [-0.2, 0) is 11.3 Å². The third-order valence-corrected chi connectivity index (χ3v) is 6.38. The quantitative estimate of drug-likeness (QED) is 0.363. The summed E-state index contributed by atoms with van der Waals surface area (Å²) in [7, 11) is 0. The van der Waals surface area contributed by atoms with Gasteiger partial charge in [-0.3, -0.25) is 4.90 Å². The van der Waals surface area contributed by atoms with Crippen LogP contribution in [-0.4, -0.2) is 51.7 Å². The van der Waals surface area contributed by atoms with Crippen LogP contribution in [0, 0.1) is 12.7 Å². The maximum atomic E-state index is 13.9. The van der Waals surface area contributed by atoms with Crippen molar-refractivity contribution < 1.29 is 19.0 Å². The van der Waals surface area contributed by atoms with Crippen LogP contribution in [0.4, 0.5) is 4.39 Å². The third kappa shape index (κ3) is 6.90. The molecule has 1 saturated heterocycles. The van der Waals surface area contributed by atoms with Crippen molar-refractivity contribution in [2.45, 2.75) is 64.7 Å². The van der Waals surface area contributed by atoms with Crippen LogP contribution in [0.5, 0.6) is 11.6 Å². The zero-order valence-electron chi connectivity index (χ0n) is 20.7. The van der Waals surface area contributed by atoms with Crippen molar-refractivity contribution in [2.75, 3.05) is 19.7 Å². The fraction of sp³-hybridized carbons (Fsp3) is 0.464. The summed E-state index contributed by atoms with van der Waals surface area (Å²) in [5.41, 5.74) is 2.61. The number of unbranched alkanes of at least 4 members (excludes halogenated alkanes) is 1. The molecule has 0 bridgehead atoms. The predicted molar refractivity (Wildman–Crippen MR) is 135 cm³/mol. The molecule has 7 heteroatoms. The second-order valence-electron chi connectivity index (χ2n) is 9.30. The van der Waals surface area contributed by atoms with E-state index in [2.05, 4.69) is 11.8 Å². The van der Waals surface area contributed by atoms with E-state index in [0.717, 1.165) is 62.2 Å². The first-order valence-electron chi connectivity index (χ1n) is 12.6. The van der Waals surface area contributed by atoms with Gasteiger partial charge in [0.15, 0.2) is 0 Å². The van der Waals surface area contributed by atoms with Crippen molar-refractivity contribution in [3.05, 3.63) is 71.7 Å². The number of aromatic nitrogens is 2. The lowest BCUT2D eigenvalue weighted by atomic mass is 10.1. The number of aliphatic hydroxyl groups excluding tert-OH is 1. The monoisotopic (exact) mass is 481 g/mol. The Bertz CT molecular complexity index is 1070. The number of para-hydroxylation sites is 1. The van der Waals surface area contributed by atoms with Gasteiger partial charge >= 0.3 is 0 Å². The molecule has 0 aliphatic carbocycles. The van der Waals surface area contributed by atoms with E-state index in [4.69, 9.17) is 14.6 Å². The Balaban J connectivity index is 1.66. The van der Waals surface area contributed by atoms with Crippen molar-refractivity contribution in [3.63, 3.8) is 0 Å². The van der Waals surface area contributed by atoms with E-state index in [1.54, 1.807) is 16.8 Å². The average molecular weight is 482 g/mol. The van der Waals surface area contributed by atoms with E-state index in [0.29, 0.717) is 24.7 Å². The highest BCUT2D eigenvalue weighted by atomic mass is 19.1. The van der Waals surface area contributed by atoms with Crippen molar-refractivity contribution >= 4 is 0 Å². The van der Waals surface area contributed by atoms with Gasteiger partial charge in [-0.15, -0.1) is 0 Å². The van der Waals surface area contributed by atoms with Crippen LogP contribution in [0.3, 0.4) is 0 Å². The van der Waals surface area contributed by atoms with Crippen molar-refractivity contribution in [1.82, 2.24) is 14.7 Å². The molecule has 0 spiro atoms. The average Bonchev–Trinajstić information content (AvgIpc) is 3.47. The summed E-state index contributed by atoms with van der Waals surface area (Å²) >= 11 is 0. The highest BCUT2D eigenvalue weighted by molar-refractivity contribution is 5.43. The molecule has 2 atom stereocenters. The Kier molecular flexibility index (Phi) is 8.90. The molecule has 0 unspecified atom stereocenters. The number of nitrogens with zero attached hydrogens (tertiary/aromatic N) is 3. The molecule has 2 heterocycles. The fourth-order valence-electron chi connectivity index (χ4n) is 4.54. The lowest BCUT2D eigenvalue weighted by Crippen LogP contribution is -2.37. The van der Waals surface area contributed by atoms with Crippen molar-refractivity contribution in [1.29, 1.82) is 0 Å². The molecule has 6 nitrogen and oxygen atoms in total. The van der Waals surface area contributed by atoms with E-state index < -0.39 is 6.10 Å². The Morgan fingerprint density at radius 3 is 2.77 bits per heavy atom. The minimum Gasteiger partial charge on any atom is -0.438 e. The first-order valence-corrected chi connectivity index (χ1v) is 12.6. The summed E-state index contributed by atoms with van der Waals surface area (Å²) in [5, 5.41) is 15.5. The summed E-state index contributed by atoms with van der Waals surface area (Å²) < 4.78 is 27.9. The van der Waals surface area contributed by atoms with Gasteiger partial charge in [-0.1, -0.05) is 44.0 Å². The number of benzene rings is 2. The van der Waals surface area contributed by atoms with Crippen LogP contribution >= 0.6 is 0 Å². The molecule has 35 heavy (non-hydrogen) atoms. The minimum absolute atomic E-state index is 0.158. The molecule has 1 fully saturated rings. The molecule has 1 N–H and O–H groups in total. The van der Waals surface area contributed by atoms with Gasteiger partial charge < -0.3 is 14.6 Å². The maximum absolute atomic E-state index is 13.9. The van der Waals surface area contributed by atoms with Crippen molar-refractivity contribution in [3.8, 4) is 17.3 Å². The van der Waals surface area contributed by atoms with Crippen LogP contribution < -0.4 is 4.74 Å². The van der Waals surface area contributed by atoms with Gasteiger partial charge in [0.1, 0.15) is 11.6 Å². The summed E-state index contributed by atoms with van der Waals surface area (Å²) in [6.07, 6.45) is 4.66. The Morgan fingerprint density at radius 1 is 1.23 bits per heavy atom. The highest BCUT2D eigenvalue weighted by Crippen LogP contribution is 2.32. The van der Waals surface area contributed by atoms with E-state index in [9.17, 15) is 9.50 Å². The molecule has 2 aromatic carbocycles. The third-order valence-electron chi connectivity index (χ3n) is 6.38. The maximum Gasteiger partial charge on any atom is 0.227 e. The Morgan fingerprint density at radius 2 is 2.06 bits per heavy atom. The summed E-state index contributed by atoms with van der Waals surface area (Å²) in [4.78, 5) is 2.24. The highest BCUT2D eigenvalue weighted by Gasteiger charge is 2.26. The normalized spacial score (nSPS) is 16.7. The van der Waals surface area contributed by atoms with Crippen LogP contribution in [0.1, 0.15) is 50.3 Å². The first-order chi connectivity index (χ1) is 17.0. The summed E-state index contributed by atoms with van der Waals surface area (Å²) in [6.45, 7) is 6.72. The van der Waals surface area contributed by atoms with Crippen LogP contribution in [0.15, 0.2) is 54.6 Å². The van der Waals surface area contributed by atoms with E-state index >= 15 is 0 Å². The molecule has 1 aliphatic heterocycles. The molecule has 1 aromatic heterocycles. The Hall–Kier alpha value is -2.74. The molecule has 0 amide bonds. The second kappa shape index (κ2) is 12.3. The molecule has 4 rings (SSSR count). The number of aryl methyl sites for hydroxylation is 1. The zero-order valence-corrected chi connectivity index (χ0v) is 20.7. The molecule has 0 saturated carbocycles. The SMILES string of the molecule is CCCC[C@H](O)CN(Cc1c(C)nn(-c2ccccc2)c1Oc1cccc(F)c1)C[C@H]1CCCO1. The number of halogens is 1. The van der Waals surface area contributed by atoms with E-state index in [-0.39, 0.29) is 11.9 Å². The van der Waals surface area contributed by atoms with Gasteiger partial charge in [-0.25, -0.2) is 9.07 Å². The topological polar surface area (TPSA) is 59.8 Å².